The van der Waals surface area contributed by atoms with Crippen molar-refractivity contribution in [2.75, 3.05) is 13.7 Å². The first-order valence-corrected chi connectivity index (χ1v) is 7.08. The van der Waals surface area contributed by atoms with Crippen molar-refractivity contribution >= 4 is 5.97 Å². The molecule has 3 atom stereocenters. The zero-order valence-electron chi connectivity index (χ0n) is 11.7. The average Bonchev–Trinajstić information content (AvgIpc) is 3.11. The van der Waals surface area contributed by atoms with Crippen LogP contribution in [0.1, 0.15) is 39.5 Å². The lowest BCUT2D eigenvalue weighted by molar-refractivity contribution is -0.144. The Kier molecular flexibility index (Phi) is 4.44. The Morgan fingerprint density at radius 3 is 2.83 bits per heavy atom. The third-order valence-corrected chi connectivity index (χ3v) is 4.08. The van der Waals surface area contributed by atoms with Crippen LogP contribution in [0.3, 0.4) is 0 Å². The summed E-state index contributed by atoms with van der Waals surface area (Å²) in [7, 11) is 1.49. The normalized spacial score (nSPS) is 29.6. The van der Waals surface area contributed by atoms with E-state index in [1.165, 1.54) is 25.5 Å². The second-order valence-electron chi connectivity index (χ2n) is 6.04. The van der Waals surface area contributed by atoms with Crippen LogP contribution in [0.5, 0.6) is 0 Å². The fourth-order valence-electron chi connectivity index (χ4n) is 3.04. The summed E-state index contributed by atoms with van der Waals surface area (Å²) < 4.78 is 4.97. The summed E-state index contributed by atoms with van der Waals surface area (Å²) in [6.07, 6.45) is 7.03. The van der Waals surface area contributed by atoms with Gasteiger partial charge in [0.15, 0.2) is 0 Å². The first-order valence-electron chi connectivity index (χ1n) is 7.08. The van der Waals surface area contributed by atoms with Crippen LogP contribution in [0.15, 0.2) is 11.6 Å². The molecule has 1 saturated carbocycles. The van der Waals surface area contributed by atoms with Crippen molar-refractivity contribution in [3.63, 3.8) is 0 Å². The summed E-state index contributed by atoms with van der Waals surface area (Å²) in [5, 5.41) is 3.44. The minimum absolute atomic E-state index is 0.0949. The maximum Gasteiger partial charge on any atom is 0.323 e. The van der Waals surface area contributed by atoms with Gasteiger partial charge in [-0.1, -0.05) is 18.6 Å². The highest BCUT2D eigenvalue weighted by Crippen LogP contribution is 2.32. The molecule has 1 N–H and O–H groups in total. The van der Waals surface area contributed by atoms with Gasteiger partial charge in [-0.2, -0.15) is 0 Å². The molecule has 2 rings (SSSR count). The molecule has 2 aliphatic rings. The second-order valence-corrected chi connectivity index (χ2v) is 6.04. The largest absolute Gasteiger partial charge is 0.468 e. The molecule has 0 spiro atoms. The number of nitrogens with one attached hydrogen (secondary N) is 1. The van der Waals surface area contributed by atoms with Gasteiger partial charge in [-0.25, -0.2) is 0 Å². The van der Waals surface area contributed by atoms with Crippen LogP contribution >= 0.6 is 0 Å². The lowest BCUT2D eigenvalue weighted by atomic mass is 9.79. The van der Waals surface area contributed by atoms with E-state index in [4.69, 9.17) is 4.74 Å². The molecule has 0 aromatic carbocycles. The highest BCUT2D eigenvalue weighted by atomic mass is 16.5. The van der Waals surface area contributed by atoms with E-state index in [9.17, 15) is 4.79 Å². The van der Waals surface area contributed by atoms with Crippen molar-refractivity contribution < 1.29 is 9.53 Å². The summed E-state index contributed by atoms with van der Waals surface area (Å²) in [5.41, 5.74) is 1.40. The van der Waals surface area contributed by atoms with Gasteiger partial charge in [-0.15, -0.1) is 0 Å². The first kappa shape index (κ1) is 13.6. The number of esters is 1. The summed E-state index contributed by atoms with van der Waals surface area (Å²) in [5.74, 6) is 1.65. The van der Waals surface area contributed by atoms with Gasteiger partial charge >= 0.3 is 5.97 Å². The highest BCUT2D eigenvalue weighted by molar-refractivity contribution is 5.76. The van der Waals surface area contributed by atoms with E-state index in [-0.39, 0.29) is 12.0 Å². The number of carbonyl (C=O) groups is 1. The topological polar surface area (TPSA) is 38.3 Å². The molecule has 0 bridgehead atoms. The third-order valence-electron chi connectivity index (χ3n) is 4.08. The molecule has 3 nitrogen and oxygen atoms in total. The number of methoxy groups -OCH3 is 1. The molecule has 3 unspecified atom stereocenters. The Balaban J connectivity index is 1.97. The van der Waals surface area contributed by atoms with Gasteiger partial charge in [0.1, 0.15) is 6.04 Å². The Labute approximate surface area is 110 Å². The SMILES string of the molecule is COC(=O)C(NCC1CC1)C1CC(C)=CC(C)C1. The van der Waals surface area contributed by atoms with Crippen molar-refractivity contribution in [1.82, 2.24) is 5.32 Å². The predicted octanol–water partition coefficient (Wildman–Crippen LogP) is 2.52. The summed E-state index contributed by atoms with van der Waals surface area (Å²) in [6, 6.07) is -0.123. The van der Waals surface area contributed by atoms with Crippen LogP contribution in [-0.2, 0) is 9.53 Å². The lowest BCUT2D eigenvalue weighted by Gasteiger charge is -2.31. The van der Waals surface area contributed by atoms with Crippen LogP contribution in [0.2, 0.25) is 0 Å². The van der Waals surface area contributed by atoms with E-state index in [0.717, 1.165) is 25.3 Å². The van der Waals surface area contributed by atoms with Crippen molar-refractivity contribution in [1.29, 1.82) is 0 Å². The number of allylic oxidation sites excluding steroid dienone is 2. The second kappa shape index (κ2) is 5.87. The molecule has 0 amide bonds. The lowest BCUT2D eigenvalue weighted by Crippen LogP contribution is -2.45. The average molecular weight is 251 g/mol. The van der Waals surface area contributed by atoms with Crippen LogP contribution < -0.4 is 5.32 Å². The molecule has 0 aromatic heterocycles. The monoisotopic (exact) mass is 251 g/mol. The smallest absolute Gasteiger partial charge is 0.323 e. The molecule has 0 saturated heterocycles. The molecule has 3 heteroatoms. The van der Waals surface area contributed by atoms with E-state index >= 15 is 0 Å². The van der Waals surface area contributed by atoms with E-state index in [0.29, 0.717) is 11.8 Å². The van der Waals surface area contributed by atoms with E-state index < -0.39 is 0 Å². The molecule has 1 fully saturated rings. The van der Waals surface area contributed by atoms with Gasteiger partial charge in [0, 0.05) is 0 Å². The van der Waals surface area contributed by atoms with Crippen LogP contribution in [0.25, 0.3) is 0 Å². The Morgan fingerprint density at radius 1 is 1.56 bits per heavy atom. The minimum Gasteiger partial charge on any atom is -0.468 e. The zero-order valence-corrected chi connectivity index (χ0v) is 11.7. The molecule has 0 aromatic rings. The van der Waals surface area contributed by atoms with Gasteiger partial charge in [-0.3, -0.25) is 4.79 Å². The zero-order chi connectivity index (χ0) is 13.1. The van der Waals surface area contributed by atoms with Gasteiger partial charge < -0.3 is 10.1 Å². The molecule has 0 radical (unpaired) electrons. The number of ether oxygens (including phenoxy) is 1. The number of carbonyl (C=O) groups excluding carboxylic acids is 1. The van der Waals surface area contributed by atoms with Crippen molar-refractivity contribution in [2.45, 2.75) is 45.6 Å². The number of rotatable bonds is 5. The molecular weight excluding hydrogens is 226 g/mol. The first-order chi connectivity index (χ1) is 8.60. The van der Waals surface area contributed by atoms with Crippen LogP contribution in [0, 0.1) is 17.8 Å². The summed E-state index contributed by atoms with van der Waals surface area (Å²) >= 11 is 0. The fraction of sp³-hybridized carbons (Fsp3) is 0.800. The molecule has 102 valence electrons. The Bertz CT molecular complexity index is 333. The standard InChI is InChI=1S/C15H25NO2/c1-10-6-11(2)8-13(7-10)14(15(17)18-3)16-9-12-4-5-12/h6,10,12-14,16H,4-5,7-9H2,1-3H3. The maximum absolute atomic E-state index is 12.0. The maximum atomic E-state index is 12.0. The summed E-state index contributed by atoms with van der Waals surface area (Å²) in [4.78, 5) is 12.0. The van der Waals surface area contributed by atoms with Crippen molar-refractivity contribution in [2.24, 2.45) is 17.8 Å². The van der Waals surface area contributed by atoms with Gasteiger partial charge in [0.25, 0.3) is 0 Å². The van der Waals surface area contributed by atoms with E-state index in [2.05, 4.69) is 25.2 Å². The Morgan fingerprint density at radius 2 is 2.28 bits per heavy atom. The van der Waals surface area contributed by atoms with Gasteiger partial charge in [-0.05, 0) is 56.9 Å². The van der Waals surface area contributed by atoms with E-state index in [1.807, 2.05) is 0 Å². The van der Waals surface area contributed by atoms with Crippen molar-refractivity contribution in [3.05, 3.63) is 11.6 Å². The molecule has 2 aliphatic carbocycles. The van der Waals surface area contributed by atoms with Crippen LogP contribution in [0.4, 0.5) is 0 Å². The number of hydrogen-bond acceptors (Lipinski definition) is 3. The van der Waals surface area contributed by atoms with Crippen molar-refractivity contribution in [3.8, 4) is 0 Å². The quantitative estimate of drug-likeness (QED) is 0.603. The highest BCUT2D eigenvalue weighted by Gasteiger charge is 2.33. The third kappa shape index (κ3) is 3.58. The molecule has 0 aliphatic heterocycles. The minimum atomic E-state index is -0.123. The molecular formula is C15H25NO2. The predicted molar refractivity (Wildman–Crippen MR) is 72.2 cm³/mol. The number of hydrogen-bond donors (Lipinski definition) is 1. The molecule has 18 heavy (non-hydrogen) atoms. The van der Waals surface area contributed by atoms with Gasteiger partial charge in [0.05, 0.1) is 7.11 Å². The van der Waals surface area contributed by atoms with E-state index in [1.54, 1.807) is 0 Å². The summed E-state index contributed by atoms with van der Waals surface area (Å²) in [6.45, 7) is 5.36. The van der Waals surface area contributed by atoms with Gasteiger partial charge in [0.2, 0.25) is 0 Å². The van der Waals surface area contributed by atoms with Crippen LogP contribution in [-0.4, -0.2) is 25.7 Å². The Hall–Kier alpha value is -0.830. The molecule has 0 heterocycles. The fourth-order valence-corrected chi connectivity index (χ4v) is 3.04.